The highest BCUT2D eigenvalue weighted by atomic mass is 32.2. The lowest BCUT2D eigenvalue weighted by Gasteiger charge is -2.18. The van der Waals surface area contributed by atoms with Crippen LogP contribution in [0, 0.1) is 5.92 Å². The van der Waals surface area contributed by atoms with Crippen LogP contribution in [-0.2, 0) is 10.0 Å². The summed E-state index contributed by atoms with van der Waals surface area (Å²) in [6.07, 6.45) is 4.61. The summed E-state index contributed by atoms with van der Waals surface area (Å²) in [5, 5.41) is 3.27. The SMILES string of the molecule is CCCCC(CC)CNc1ccc(N)cc1S(=O)(=O)NC. The third-order valence-corrected chi connectivity index (χ3v) is 5.14. The smallest absolute Gasteiger partial charge is 0.242 e. The molecule has 1 aromatic rings. The fourth-order valence-corrected chi connectivity index (χ4v) is 3.16. The Kier molecular flexibility index (Phi) is 6.98. The van der Waals surface area contributed by atoms with E-state index in [1.807, 2.05) is 0 Å². The maximum Gasteiger partial charge on any atom is 0.242 e. The molecule has 0 fully saturated rings. The topological polar surface area (TPSA) is 84.2 Å². The van der Waals surface area contributed by atoms with Crippen molar-refractivity contribution in [2.75, 3.05) is 24.6 Å². The van der Waals surface area contributed by atoms with Gasteiger partial charge in [-0.3, -0.25) is 0 Å². The Labute approximate surface area is 128 Å². The summed E-state index contributed by atoms with van der Waals surface area (Å²) < 4.78 is 26.4. The number of nitrogens with one attached hydrogen (secondary N) is 2. The molecule has 1 unspecified atom stereocenters. The first-order chi connectivity index (χ1) is 9.94. The van der Waals surface area contributed by atoms with Crippen LogP contribution < -0.4 is 15.8 Å². The van der Waals surface area contributed by atoms with Gasteiger partial charge in [-0.05, 0) is 37.6 Å². The van der Waals surface area contributed by atoms with Crippen molar-refractivity contribution in [1.82, 2.24) is 4.72 Å². The van der Waals surface area contributed by atoms with Gasteiger partial charge in [0.2, 0.25) is 10.0 Å². The maximum absolute atomic E-state index is 12.1. The highest BCUT2D eigenvalue weighted by Crippen LogP contribution is 2.24. The monoisotopic (exact) mass is 313 g/mol. The predicted octanol–water partition coefficient (Wildman–Crippen LogP) is 2.81. The molecular weight excluding hydrogens is 286 g/mol. The highest BCUT2D eigenvalue weighted by molar-refractivity contribution is 7.89. The molecule has 0 aliphatic carbocycles. The number of anilines is 2. The molecule has 4 N–H and O–H groups in total. The maximum atomic E-state index is 12.1. The summed E-state index contributed by atoms with van der Waals surface area (Å²) in [4.78, 5) is 0.204. The van der Waals surface area contributed by atoms with Crippen LogP contribution in [0.2, 0.25) is 0 Å². The molecule has 1 aromatic carbocycles. The normalized spacial score (nSPS) is 13.1. The molecule has 0 aliphatic heterocycles. The number of rotatable bonds is 9. The zero-order valence-corrected chi connectivity index (χ0v) is 14.0. The zero-order valence-electron chi connectivity index (χ0n) is 13.1. The quantitative estimate of drug-likeness (QED) is 0.612. The van der Waals surface area contributed by atoms with Crippen molar-refractivity contribution in [2.45, 2.75) is 44.4 Å². The van der Waals surface area contributed by atoms with Gasteiger partial charge < -0.3 is 11.1 Å². The second-order valence-electron chi connectivity index (χ2n) is 5.26. The van der Waals surface area contributed by atoms with Gasteiger partial charge in [0.1, 0.15) is 4.90 Å². The summed E-state index contributed by atoms with van der Waals surface area (Å²) >= 11 is 0. The van der Waals surface area contributed by atoms with Crippen LogP contribution in [-0.4, -0.2) is 22.0 Å². The van der Waals surface area contributed by atoms with Crippen molar-refractivity contribution in [3.8, 4) is 0 Å². The molecule has 6 heteroatoms. The fourth-order valence-electron chi connectivity index (χ4n) is 2.21. The van der Waals surface area contributed by atoms with Gasteiger partial charge in [0.15, 0.2) is 0 Å². The van der Waals surface area contributed by atoms with E-state index in [0.29, 0.717) is 17.3 Å². The molecule has 5 nitrogen and oxygen atoms in total. The molecule has 0 radical (unpaired) electrons. The molecule has 0 saturated carbocycles. The Balaban J connectivity index is 2.88. The van der Waals surface area contributed by atoms with Gasteiger partial charge in [-0.2, -0.15) is 0 Å². The summed E-state index contributed by atoms with van der Waals surface area (Å²) in [6, 6.07) is 4.93. The zero-order chi connectivity index (χ0) is 15.9. The van der Waals surface area contributed by atoms with E-state index in [0.717, 1.165) is 19.4 Å². The Hall–Kier alpha value is -1.27. The predicted molar refractivity (Wildman–Crippen MR) is 88.9 cm³/mol. The number of hydrogen-bond donors (Lipinski definition) is 3. The van der Waals surface area contributed by atoms with E-state index < -0.39 is 10.0 Å². The lowest BCUT2D eigenvalue weighted by atomic mass is 9.99. The average Bonchev–Trinajstić information content (AvgIpc) is 2.48. The van der Waals surface area contributed by atoms with E-state index in [-0.39, 0.29) is 4.90 Å². The lowest BCUT2D eigenvalue weighted by Crippen LogP contribution is -2.22. The van der Waals surface area contributed by atoms with Crippen molar-refractivity contribution < 1.29 is 8.42 Å². The molecule has 0 amide bonds. The minimum Gasteiger partial charge on any atom is -0.399 e. The first kappa shape index (κ1) is 17.8. The van der Waals surface area contributed by atoms with Gasteiger partial charge in [0.05, 0.1) is 5.69 Å². The molecule has 0 aliphatic rings. The second kappa shape index (κ2) is 8.24. The Bertz CT molecular complexity index is 544. The number of sulfonamides is 1. The Morgan fingerprint density at radius 1 is 1.29 bits per heavy atom. The van der Waals surface area contributed by atoms with E-state index in [1.54, 1.807) is 12.1 Å². The van der Waals surface area contributed by atoms with Crippen LogP contribution in [0.3, 0.4) is 0 Å². The largest absolute Gasteiger partial charge is 0.399 e. The van der Waals surface area contributed by atoms with Crippen molar-refractivity contribution >= 4 is 21.4 Å². The number of benzene rings is 1. The van der Waals surface area contributed by atoms with E-state index in [4.69, 9.17) is 5.73 Å². The fraction of sp³-hybridized carbons (Fsp3) is 0.600. The summed E-state index contributed by atoms with van der Waals surface area (Å²) in [7, 11) is -2.11. The van der Waals surface area contributed by atoms with Crippen LogP contribution in [0.5, 0.6) is 0 Å². The molecular formula is C15H27N3O2S. The number of unbranched alkanes of at least 4 members (excludes halogenated alkanes) is 1. The highest BCUT2D eigenvalue weighted by Gasteiger charge is 2.17. The van der Waals surface area contributed by atoms with Crippen LogP contribution in [0.1, 0.15) is 39.5 Å². The molecule has 0 bridgehead atoms. The molecule has 21 heavy (non-hydrogen) atoms. The van der Waals surface area contributed by atoms with E-state index >= 15 is 0 Å². The Morgan fingerprint density at radius 2 is 2.00 bits per heavy atom. The summed E-state index contributed by atoms with van der Waals surface area (Å²) in [5.74, 6) is 0.549. The number of nitrogens with two attached hydrogens (primary N) is 1. The van der Waals surface area contributed by atoms with Gasteiger partial charge in [-0.1, -0.05) is 33.1 Å². The second-order valence-corrected chi connectivity index (χ2v) is 7.12. The standard InChI is InChI=1S/C15H27N3O2S/c1-4-6-7-12(5-2)11-18-14-9-8-13(16)10-15(14)21(19,20)17-3/h8-10,12,17-18H,4-7,11,16H2,1-3H3. The molecule has 0 aromatic heterocycles. The minimum atomic E-state index is -3.52. The molecule has 0 spiro atoms. The minimum absolute atomic E-state index is 0.204. The van der Waals surface area contributed by atoms with Crippen LogP contribution in [0.25, 0.3) is 0 Å². The molecule has 0 saturated heterocycles. The van der Waals surface area contributed by atoms with Crippen molar-refractivity contribution in [3.05, 3.63) is 18.2 Å². The van der Waals surface area contributed by atoms with Crippen molar-refractivity contribution in [3.63, 3.8) is 0 Å². The van der Waals surface area contributed by atoms with E-state index in [1.165, 1.54) is 26.0 Å². The molecule has 0 heterocycles. The van der Waals surface area contributed by atoms with Crippen LogP contribution in [0.4, 0.5) is 11.4 Å². The number of hydrogen-bond acceptors (Lipinski definition) is 4. The molecule has 1 atom stereocenters. The summed E-state index contributed by atoms with van der Waals surface area (Å²) in [5.41, 5.74) is 6.75. The van der Waals surface area contributed by atoms with Gasteiger partial charge in [0.25, 0.3) is 0 Å². The molecule has 120 valence electrons. The average molecular weight is 313 g/mol. The van der Waals surface area contributed by atoms with Gasteiger partial charge in [-0.15, -0.1) is 0 Å². The first-order valence-corrected chi connectivity index (χ1v) is 8.99. The van der Waals surface area contributed by atoms with Gasteiger partial charge >= 0.3 is 0 Å². The number of nitrogen functional groups attached to an aromatic ring is 1. The third kappa shape index (κ3) is 5.21. The third-order valence-electron chi connectivity index (χ3n) is 3.69. The molecule has 1 rings (SSSR count). The first-order valence-electron chi connectivity index (χ1n) is 7.51. The Morgan fingerprint density at radius 3 is 2.57 bits per heavy atom. The van der Waals surface area contributed by atoms with Gasteiger partial charge in [0, 0.05) is 12.2 Å². The lowest BCUT2D eigenvalue weighted by molar-refractivity contribution is 0.472. The van der Waals surface area contributed by atoms with Crippen molar-refractivity contribution in [2.24, 2.45) is 5.92 Å². The van der Waals surface area contributed by atoms with Crippen LogP contribution >= 0.6 is 0 Å². The van der Waals surface area contributed by atoms with E-state index in [2.05, 4.69) is 23.9 Å². The van der Waals surface area contributed by atoms with Gasteiger partial charge in [-0.25, -0.2) is 13.1 Å². The van der Waals surface area contributed by atoms with E-state index in [9.17, 15) is 8.42 Å². The van der Waals surface area contributed by atoms with Crippen LogP contribution in [0.15, 0.2) is 23.1 Å². The van der Waals surface area contributed by atoms with Crippen molar-refractivity contribution in [1.29, 1.82) is 0 Å². The summed E-state index contributed by atoms with van der Waals surface area (Å²) in [6.45, 7) is 5.11.